The third-order valence-corrected chi connectivity index (χ3v) is 3.69. The third kappa shape index (κ3) is 2.75. The standard InChI is InChI=1S/C14H20N2O2/c1-2-5-14(6-7-14)9-16-10-3-4-12(15)11(8-10)13(17)18/h3-4,8,16H,2,5-7,9,15H2,1H3,(H,17,18). The van der Waals surface area contributed by atoms with Crippen molar-refractivity contribution in [3.05, 3.63) is 23.8 Å². The molecule has 98 valence electrons. The maximum absolute atomic E-state index is 11.0. The highest BCUT2D eigenvalue weighted by atomic mass is 16.4. The van der Waals surface area contributed by atoms with E-state index in [1.165, 1.54) is 25.7 Å². The van der Waals surface area contributed by atoms with E-state index in [9.17, 15) is 4.79 Å². The topological polar surface area (TPSA) is 75.3 Å². The van der Waals surface area contributed by atoms with E-state index in [1.54, 1.807) is 12.1 Å². The molecule has 1 saturated carbocycles. The van der Waals surface area contributed by atoms with Gasteiger partial charge in [-0.25, -0.2) is 4.79 Å². The van der Waals surface area contributed by atoms with Crippen LogP contribution >= 0.6 is 0 Å². The second-order valence-corrected chi connectivity index (χ2v) is 5.21. The predicted molar refractivity (Wildman–Crippen MR) is 72.9 cm³/mol. The van der Waals surface area contributed by atoms with Crippen LogP contribution in [0, 0.1) is 5.41 Å². The van der Waals surface area contributed by atoms with Crippen LogP contribution in [0.1, 0.15) is 43.0 Å². The molecule has 1 aromatic carbocycles. The van der Waals surface area contributed by atoms with Crippen molar-refractivity contribution in [3.63, 3.8) is 0 Å². The second kappa shape index (κ2) is 4.88. The number of hydrogen-bond acceptors (Lipinski definition) is 3. The molecule has 4 nitrogen and oxygen atoms in total. The third-order valence-electron chi connectivity index (χ3n) is 3.69. The number of hydrogen-bond donors (Lipinski definition) is 3. The van der Waals surface area contributed by atoms with E-state index in [4.69, 9.17) is 10.8 Å². The highest BCUT2D eigenvalue weighted by molar-refractivity contribution is 5.94. The molecule has 0 spiro atoms. The summed E-state index contributed by atoms with van der Waals surface area (Å²) in [5.41, 5.74) is 7.38. The van der Waals surface area contributed by atoms with Crippen LogP contribution in [0.15, 0.2) is 18.2 Å². The Morgan fingerprint density at radius 2 is 2.22 bits per heavy atom. The van der Waals surface area contributed by atoms with E-state index < -0.39 is 5.97 Å². The maximum Gasteiger partial charge on any atom is 0.337 e. The molecule has 0 saturated heterocycles. The van der Waals surface area contributed by atoms with Crippen molar-refractivity contribution < 1.29 is 9.90 Å². The minimum absolute atomic E-state index is 0.167. The lowest BCUT2D eigenvalue weighted by Crippen LogP contribution is -2.15. The first kappa shape index (κ1) is 12.7. The minimum Gasteiger partial charge on any atom is -0.478 e. The quantitative estimate of drug-likeness (QED) is 0.676. The Morgan fingerprint density at radius 1 is 1.50 bits per heavy atom. The molecule has 2 rings (SSSR count). The van der Waals surface area contributed by atoms with Gasteiger partial charge < -0.3 is 16.2 Å². The molecule has 0 bridgehead atoms. The summed E-state index contributed by atoms with van der Waals surface area (Å²) in [6.45, 7) is 3.12. The van der Waals surface area contributed by atoms with Crippen LogP contribution < -0.4 is 11.1 Å². The maximum atomic E-state index is 11.0. The Labute approximate surface area is 107 Å². The summed E-state index contributed by atoms with van der Waals surface area (Å²) in [6, 6.07) is 5.09. The number of nitrogens with two attached hydrogens (primary N) is 1. The SMILES string of the molecule is CCCC1(CNc2ccc(N)c(C(=O)O)c2)CC1. The first-order valence-corrected chi connectivity index (χ1v) is 6.43. The van der Waals surface area contributed by atoms with Crippen molar-refractivity contribution in [2.75, 3.05) is 17.6 Å². The van der Waals surface area contributed by atoms with Gasteiger partial charge in [-0.3, -0.25) is 0 Å². The molecule has 1 aliphatic carbocycles. The van der Waals surface area contributed by atoms with E-state index in [1.807, 2.05) is 6.07 Å². The predicted octanol–water partition coefficient (Wildman–Crippen LogP) is 2.96. The van der Waals surface area contributed by atoms with Crippen LogP contribution in [0.5, 0.6) is 0 Å². The molecule has 1 aromatic rings. The molecule has 0 aromatic heterocycles. The van der Waals surface area contributed by atoms with Gasteiger partial charge in [0.1, 0.15) is 0 Å². The summed E-state index contributed by atoms with van der Waals surface area (Å²) in [7, 11) is 0. The summed E-state index contributed by atoms with van der Waals surface area (Å²) < 4.78 is 0. The average Bonchev–Trinajstić information content (AvgIpc) is 3.08. The molecule has 4 N–H and O–H groups in total. The molecule has 18 heavy (non-hydrogen) atoms. The van der Waals surface area contributed by atoms with E-state index in [-0.39, 0.29) is 5.56 Å². The number of aromatic carboxylic acids is 1. The number of anilines is 2. The van der Waals surface area contributed by atoms with Gasteiger partial charge in [0.05, 0.1) is 5.56 Å². The summed E-state index contributed by atoms with van der Waals surface area (Å²) in [5, 5.41) is 12.3. The molecule has 0 aliphatic heterocycles. The highest BCUT2D eigenvalue weighted by Gasteiger charge is 2.41. The first-order valence-electron chi connectivity index (χ1n) is 6.43. The lowest BCUT2D eigenvalue weighted by atomic mass is 10.0. The Morgan fingerprint density at radius 3 is 2.78 bits per heavy atom. The molecule has 0 unspecified atom stereocenters. The number of rotatable bonds is 6. The van der Waals surface area contributed by atoms with Crippen LogP contribution in [0.2, 0.25) is 0 Å². The zero-order valence-electron chi connectivity index (χ0n) is 10.7. The molecule has 0 atom stereocenters. The lowest BCUT2D eigenvalue weighted by Gasteiger charge is -2.16. The zero-order valence-corrected chi connectivity index (χ0v) is 10.7. The number of carboxylic acids is 1. The Hall–Kier alpha value is -1.71. The van der Waals surface area contributed by atoms with Gasteiger partial charge in [-0.05, 0) is 42.9 Å². The Bertz CT molecular complexity index is 453. The Balaban J connectivity index is 2.02. The van der Waals surface area contributed by atoms with Gasteiger partial charge in [-0.1, -0.05) is 13.3 Å². The van der Waals surface area contributed by atoms with E-state index in [0.29, 0.717) is 11.1 Å². The zero-order chi connectivity index (χ0) is 13.2. The second-order valence-electron chi connectivity index (χ2n) is 5.21. The van der Waals surface area contributed by atoms with E-state index in [0.717, 1.165) is 12.2 Å². The van der Waals surface area contributed by atoms with Gasteiger partial charge in [0.15, 0.2) is 0 Å². The molecule has 0 amide bonds. The fourth-order valence-electron chi connectivity index (χ4n) is 2.36. The van der Waals surface area contributed by atoms with Gasteiger partial charge >= 0.3 is 5.97 Å². The molecular formula is C14H20N2O2. The fraction of sp³-hybridized carbons (Fsp3) is 0.500. The van der Waals surface area contributed by atoms with Crippen molar-refractivity contribution in [2.24, 2.45) is 5.41 Å². The van der Waals surface area contributed by atoms with Crippen molar-refractivity contribution in [1.82, 2.24) is 0 Å². The Kier molecular flexibility index (Phi) is 3.45. The van der Waals surface area contributed by atoms with Gasteiger partial charge in [0, 0.05) is 17.9 Å². The van der Waals surface area contributed by atoms with Gasteiger partial charge in [0.25, 0.3) is 0 Å². The van der Waals surface area contributed by atoms with E-state index in [2.05, 4.69) is 12.2 Å². The largest absolute Gasteiger partial charge is 0.478 e. The normalized spacial score (nSPS) is 16.3. The van der Waals surface area contributed by atoms with Crippen LogP contribution in [0.25, 0.3) is 0 Å². The average molecular weight is 248 g/mol. The molecule has 1 aliphatic rings. The number of carbonyl (C=O) groups is 1. The van der Waals surface area contributed by atoms with Gasteiger partial charge in [-0.2, -0.15) is 0 Å². The smallest absolute Gasteiger partial charge is 0.337 e. The summed E-state index contributed by atoms with van der Waals surface area (Å²) >= 11 is 0. The van der Waals surface area contributed by atoms with Crippen molar-refractivity contribution >= 4 is 17.3 Å². The first-order chi connectivity index (χ1) is 8.56. The van der Waals surface area contributed by atoms with Crippen LogP contribution in [-0.2, 0) is 0 Å². The number of nitrogens with one attached hydrogen (secondary N) is 1. The fourth-order valence-corrected chi connectivity index (χ4v) is 2.36. The minimum atomic E-state index is -0.981. The van der Waals surface area contributed by atoms with Crippen LogP contribution in [0.3, 0.4) is 0 Å². The van der Waals surface area contributed by atoms with Gasteiger partial charge in [0.2, 0.25) is 0 Å². The van der Waals surface area contributed by atoms with Crippen molar-refractivity contribution in [2.45, 2.75) is 32.6 Å². The lowest BCUT2D eigenvalue weighted by molar-refractivity contribution is 0.0698. The monoisotopic (exact) mass is 248 g/mol. The summed E-state index contributed by atoms with van der Waals surface area (Å²) in [5.74, 6) is -0.981. The summed E-state index contributed by atoms with van der Waals surface area (Å²) in [6.07, 6.45) is 4.98. The molecule has 0 radical (unpaired) electrons. The molecular weight excluding hydrogens is 228 g/mol. The highest BCUT2D eigenvalue weighted by Crippen LogP contribution is 2.49. The molecule has 4 heteroatoms. The van der Waals surface area contributed by atoms with Gasteiger partial charge in [-0.15, -0.1) is 0 Å². The summed E-state index contributed by atoms with van der Waals surface area (Å²) in [4.78, 5) is 11.0. The molecule has 0 heterocycles. The van der Waals surface area contributed by atoms with Crippen molar-refractivity contribution in [1.29, 1.82) is 0 Å². The molecule has 1 fully saturated rings. The number of nitrogen functional groups attached to an aromatic ring is 1. The van der Waals surface area contributed by atoms with Crippen LogP contribution in [-0.4, -0.2) is 17.6 Å². The van der Waals surface area contributed by atoms with Crippen LogP contribution in [0.4, 0.5) is 11.4 Å². The number of carboxylic acid groups (broad SMARTS) is 1. The van der Waals surface area contributed by atoms with E-state index >= 15 is 0 Å². The van der Waals surface area contributed by atoms with Crippen molar-refractivity contribution in [3.8, 4) is 0 Å². The number of benzene rings is 1.